The van der Waals surface area contributed by atoms with Gasteiger partial charge in [0.15, 0.2) is 4.80 Å². The molecule has 1 aliphatic rings. The highest BCUT2D eigenvalue weighted by atomic mass is 79.9. The van der Waals surface area contributed by atoms with Gasteiger partial charge in [-0.3, -0.25) is 19.5 Å². The predicted molar refractivity (Wildman–Crippen MR) is 163 cm³/mol. The number of thiazole rings is 1. The molecule has 5 rings (SSSR count). The summed E-state index contributed by atoms with van der Waals surface area (Å²) in [6.45, 7) is 5.51. The lowest BCUT2D eigenvalue weighted by Crippen LogP contribution is -2.39. The van der Waals surface area contributed by atoms with E-state index in [-0.39, 0.29) is 34.8 Å². The number of nitro groups is 1. The van der Waals surface area contributed by atoms with Gasteiger partial charge in [0.1, 0.15) is 12.4 Å². The summed E-state index contributed by atoms with van der Waals surface area (Å²) in [6, 6.07) is 15.3. The molecule has 3 aromatic carbocycles. The van der Waals surface area contributed by atoms with Crippen molar-refractivity contribution in [1.82, 2.24) is 4.57 Å². The van der Waals surface area contributed by atoms with Crippen LogP contribution in [0.15, 0.2) is 86.2 Å². The third kappa shape index (κ3) is 6.20. The van der Waals surface area contributed by atoms with Crippen LogP contribution in [0.1, 0.15) is 42.1 Å². The topological polar surface area (TPSA) is 113 Å². The Morgan fingerprint density at radius 2 is 1.86 bits per heavy atom. The van der Waals surface area contributed by atoms with Crippen LogP contribution in [0.4, 0.5) is 10.1 Å². The minimum absolute atomic E-state index is 0.00186. The maximum Gasteiger partial charge on any atom is 0.338 e. The summed E-state index contributed by atoms with van der Waals surface area (Å²) in [5.74, 6) is -0.954. The maximum atomic E-state index is 13.9. The number of esters is 1. The molecule has 0 amide bonds. The van der Waals surface area contributed by atoms with Gasteiger partial charge in [0, 0.05) is 6.07 Å². The Kier molecular flexibility index (Phi) is 8.69. The van der Waals surface area contributed by atoms with Gasteiger partial charge in [-0.15, -0.1) is 0 Å². The molecule has 0 saturated carbocycles. The molecule has 0 aliphatic carbocycles. The second kappa shape index (κ2) is 12.4. The fraction of sp³-hybridized carbons (Fsp3) is 0.194. The van der Waals surface area contributed by atoms with E-state index in [0.717, 1.165) is 22.5 Å². The van der Waals surface area contributed by atoms with Crippen LogP contribution in [0, 0.1) is 22.9 Å². The maximum absolute atomic E-state index is 13.9. The minimum atomic E-state index is -0.763. The lowest BCUT2D eigenvalue weighted by Gasteiger charge is -2.24. The predicted octanol–water partition coefficient (Wildman–Crippen LogP) is 5.50. The van der Waals surface area contributed by atoms with Crippen molar-refractivity contribution in [2.75, 3.05) is 6.61 Å². The van der Waals surface area contributed by atoms with Crippen LogP contribution in [-0.2, 0) is 16.1 Å². The van der Waals surface area contributed by atoms with Crippen molar-refractivity contribution in [1.29, 1.82) is 0 Å². The number of carbonyl (C=O) groups excluding carboxylic acids is 1. The number of fused-ring (bicyclic) bond motifs is 1. The molecule has 0 bridgehead atoms. The zero-order chi connectivity index (χ0) is 30.8. The van der Waals surface area contributed by atoms with Gasteiger partial charge in [-0.25, -0.2) is 14.2 Å². The fourth-order valence-corrected chi connectivity index (χ4v) is 6.33. The number of nitro benzene ring substituents is 1. The first-order chi connectivity index (χ1) is 20.6. The van der Waals surface area contributed by atoms with Crippen LogP contribution in [0.25, 0.3) is 6.08 Å². The molecule has 0 saturated heterocycles. The lowest BCUT2D eigenvalue weighted by molar-refractivity contribution is -0.386. The van der Waals surface area contributed by atoms with Crippen LogP contribution in [0.2, 0.25) is 0 Å². The summed E-state index contributed by atoms with van der Waals surface area (Å²) < 4.78 is 26.3. The molecule has 1 aliphatic heterocycles. The van der Waals surface area contributed by atoms with Crippen molar-refractivity contribution in [2.24, 2.45) is 4.99 Å². The number of hydrogen-bond donors (Lipinski definition) is 0. The van der Waals surface area contributed by atoms with Crippen LogP contribution < -0.4 is 19.6 Å². The first kappa shape index (κ1) is 30.1. The van der Waals surface area contributed by atoms with Crippen molar-refractivity contribution < 1.29 is 23.6 Å². The zero-order valence-electron chi connectivity index (χ0n) is 23.3. The van der Waals surface area contributed by atoms with Crippen molar-refractivity contribution >= 4 is 45.0 Å². The summed E-state index contributed by atoms with van der Waals surface area (Å²) in [7, 11) is 0. The van der Waals surface area contributed by atoms with Gasteiger partial charge in [0.05, 0.1) is 37.8 Å². The van der Waals surface area contributed by atoms with Crippen LogP contribution in [0.3, 0.4) is 0 Å². The van der Waals surface area contributed by atoms with Crippen LogP contribution >= 0.6 is 27.3 Å². The van der Waals surface area contributed by atoms with Gasteiger partial charge >= 0.3 is 11.7 Å². The van der Waals surface area contributed by atoms with E-state index in [2.05, 4.69) is 20.9 Å². The number of aryl methyl sites for hydroxylation is 1. The zero-order valence-corrected chi connectivity index (χ0v) is 25.7. The van der Waals surface area contributed by atoms with E-state index in [1.54, 1.807) is 26.0 Å². The fourth-order valence-electron chi connectivity index (χ4n) is 4.70. The Balaban J connectivity index is 1.59. The van der Waals surface area contributed by atoms with E-state index in [0.29, 0.717) is 26.1 Å². The van der Waals surface area contributed by atoms with Gasteiger partial charge < -0.3 is 9.47 Å². The molecule has 1 atom stereocenters. The van der Waals surface area contributed by atoms with Gasteiger partial charge in [-0.2, -0.15) is 0 Å². The molecular weight excluding hydrogens is 641 g/mol. The van der Waals surface area contributed by atoms with Gasteiger partial charge in [0.25, 0.3) is 5.56 Å². The largest absolute Gasteiger partial charge is 0.481 e. The number of ether oxygens (including phenoxy) is 2. The molecule has 220 valence electrons. The van der Waals surface area contributed by atoms with Crippen molar-refractivity contribution in [3.05, 3.63) is 134 Å². The first-order valence-corrected chi connectivity index (χ1v) is 14.8. The summed E-state index contributed by atoms with van der Waals surface area (Å²) in [6.07, 6.45) is 1.54. The number of hydrogen-bond acceptors (Lipinski definition) is 8. The second-order valence-corrected chi connectivity index (χ2v) is 11.6. The summed E-state index contributed by atoms with van der Waals surface area (Å²) in [4.78, 5) is 43.3. The Hall–Kier alpha value is -4.42. The summed E-state index contributed by atoms with van der Waals surface area (Å²) in [5.41, 5.74) is 2.75. The molecule has 2 heterocycles. The normalized spacial score (nSPS) is 14.7. The number of rotatable bonds is 8. The molecule has 0 N–H and O–H groups in total. The minimum Gasteiger partial charge on any atom is -0.481 e. The average molecular weight is 667 g/mol. The number of carbonyl (C=O) groups is 1. The average Bonchev–Trinajstić information content (AvgIpc) is 3.26. The van der Waals surface area contributed by atoms with E-state index in [1.807, 2.05) is 31.2 Å². The lowest BCUT2D eigenvalue weighted by atomic mass is 9.95. The van der Waals surface area contributed by atoms with Gasteiger partial charge in [0.2, 0.25) is 5.75 Å². The molecule has 4 aromatic rings. The van der Waals surface area contributed by atoms with E-state index < -0.39 is 28.3 Å². The van der Waals surface area contributed by atoms with E-state index >= 15 is 0 Å². The SMILES string of the molecule is CCOC(=O)C1=C(C)N=c2s/c(=C\c3cc(Br)c(OCc4ccc(F)cc4)c([N+](=O)[O-])c3)c(=O)n2[C@@H]1c1ccc(C)cc1. The van der Waals surface area contributed by atoms with Gasteiger partial charge in [-0.05, 0) is 77.7 Å². The van der Waals surface area contributed by atoms with E-state index in [9.17, 15) is 24.1 Å². The van der Waals surface area contributed by atoms with Crippen LogP contribution in [-0.4, -0.2) is 22.1 Å². The highest BCUT2D eigenvalue weighted by molar-refractivity contribution is 9.10. The Labute approximate surface area is 257 Å². The number of benzene rings is 3. The Morgan fingerprint density at radius 1 is 1.16 bits per heavy atom. The number of allylic oxidation sites excluding steroid dienone is 1. The quantitative estimate of drug-likeness (QED) is 0.140. The Morgan fingerprint density at radius 3 is 2.51 bits per heavy atom. The molecule has 1 aromatic heterocycles. The molecule has 0 fully saturated rings. The number of aromatic nitrogens is 1. The molecule has 12 heteroatoms. The monoisotopic (exact) mass is 665 g/mol. The molecule has 9 nitrogen and oxygen atoms in total. The van der Waals surface area contributed by atoms with Crippen molar-refractivity contribution in [3.8, 4) is 5.75 Å². The van der Waals surface area contributed by atoms with E-state index in [1.165, 1.54) is 34.9 Å². The highest BCUT2D eigenvalue weighted by Gasteiger charge is 2.33. The molecule has 0 unspecified atom stereocenters. The summed E-state index contributed by atoms with van der Waals surface area (Å²) >= 11 is 4.48. The first-order valence-electron chi connectivity index (χ1n) is 13.2. The standard InChI is InChI=1S/C31H25BrFN3O6S/c1-4-41-30(38)26-18(3)34-31-35(27(26)21-9-5-17(2)6-10-21)29(37)25(43-31)15-20-13-23(32)28(24(14-20)36(39)40)42-16-19-7-11-22(33)12-8-19/h5-15,27H,4,16H2,1-3H3/b25-15-/t27-/m1/s1. The molecule has 43 heavy (non-hydrogen) atoms. The number of halogens is 2. The highest BCUT2D eigenvalue weighted by Crippen LogP contribution is 2.37. The summed E-state index contributed by atoms with van der Waals surface area (Å²) in [5, 5.41) is 12.0. The van der Waals surface area contributed by atoms with Gasteiger partial charge in [-0.1, -0.05) is 53.3 Å². The van der Waals surface area contributed by atoms with E-state index in [4.69, 9.17) is 9.47 Å². The molecule has 0 spiro atoms. The third-order valence-corrected chi connectivity index (χ3v) is 8.32. The molecule has 0 radical (unpaired) electrons. The third-order valence-electron chi connectivity index (χ3n) is 6.75. The smallest absolute Gasteiger partial charge is 0.338 e. The number of nitrogens with zero attached hydrogens (tertiary/aromatic N) is 3. The van der Waals surface area contributed by atoms with Crippen molar-refractivity contribution in [3.63, 3.8) is 0 Å². The van der Waals surface area contributed by atoms with Crippen molar-refractivity contribution in [2.45, 2.75) is 33.4 Å². The van der Waals surface area contributed by atoms with Crippen LogP contribution in [0.5, 0.6) is 5.75 Å². The second-order valence-electron chi connectivity index (χ2n) is 9.74. The molecular formula is C31H25BrFN3O6S. The Bertz CT molecular complexity index is 1950.